The third-order valence-electron chi connectivity index (χ3n) is 5.24. The lowest BCUT2D eigenvalue weighted by atomic mass is 10.1. The first kappa shape index (κ1) is 19.9. The van der Waals surface area contributed by atoms with Gasteiger partial charge in [0, 0.05) is 30.9 Å². The SMILES string of the molecule is Cc1cc(C)cc(NC(=O)NCCn2nnc3cc(C(=O)N4CCCC4)ccc32)c1. The number of fused-ring (bicyclic) bond motifs is 1. The summed E-state index contributed by atoms with van der Waals surface area (Å²) in [6.07, 6.45) is 2.13. The molecule has 1 aliphatic heterocycles. The second-order valence-corrected chi connectivity index (χ2v) is 7.77. The normalized spacial score (nSPS) is 13.6. The van der Waals surface area contributed by atoms with E-state index in [1.54, 1.807) is 10.7 Å². The average Bonchev–Trinajstić information content (AvgIpc) is 3.36. The molecule has 0 saturated carbocycles. The Hall–Kier alpha value is -3.42. The number of hydrogen-bond donors (Lipinski definition) is 2. The molecule has 1 aliphatic rings. The number of anilines is 1. The van der Waals surface area contributed by atoms with Crippen molar-refractivity contribution >= 4 is 28.7 Å². The fraction of sp³-hybridized carbons (Fsp3) is 0.364. The molecule has 30 heavy (non-hydrogen) atoms. The largest absolute Gasteiger partial charge is 0.339 e. The number of hydrogen-bond acceptors (Lipinski definition) is 4. The van der Waals surface area contributed by atoms with Crippen LogP contribution in [0.4, 0.5) is 10.5 Å². The van der Waals surface area contributed by atoms with E-state index in [2.05, 4.69) is 27.0 Å². The Balaban J connectivity index is 1.35. The van der Waals surface area contributed by atoms with Gasteiger partial charge in [-0.1, -0.05) is 11.3 Å². The number of likely N-dealkylation sites (tertiary alicyclic amines) is 1. The van der Waals surface area contributed by atoms with E-state index >= 15 is 0 Å². The lowest BCUT2D eigenvalue weighted by molar-refractivity contribution is 0.0793. The highest BCUT2D eigenvalue weighted by Gasteiger charge is 2.20. The molecule has 3 amide bonds. The summed E-state index contributed by atoms with van der Waals surface area (Å²) in [6.45, 7) is 6.52. The Kier molecular flexibility index (Phi) is 5.65. The van der Waals surface area contributed by atoms with Gasteiger partial charge in [0.25, 0.3) is 5.91 Å². The lowest BCUT2D eigenvalue weighted by Gasteiger charge is -2.14. The number of aryl methyl sites for hydroxylation is 2. The molecule has 0 spiro atoms. The van der Waals surface area contributed by atoms with Crippen LogP contribution in [0.5, 0.6) is 0 Å². The van der Waals surface area contributed by atoms with Crippen LogP contribution in [0.2, 0.25) is 0 Å². The van der Waals surface area contributed by atoms with Crippen molar-refractivity contribution in [1.29, 1.82) is 0 Å². The highest BCUT2D eigenvalue weighted by atomic mass is 16.2. The quantitative estimate of drug-likeness (QED) is 0.681. The zero-order chi connectivity index (χ0) is 21.1. The summed E-state index contributed by atoms with van der Waals surface area (Å²) in [5.74, 6) is 0.0497. The minimum absolute atomic E-state index is 0.0497. The van der Waals surface area contributed by atoms with Gasteiger partial charge in [0.05, 0.1) is 12.1 Å². The average molecular weight is 406 g/mol. The van der Waals surface area contributed by atoms with Crippen LogP contribution in [0.3, 0.4) is 0 Å². The van der Waals surface area contributed by atoms with Crippen molar-refractivity contribution in [2.45, 2.75) is 33.2 Å². The van der Waals surface area contributed by atoms with E-state index in [-0.39, 0.29) is 11.9 Å². The fourth-order valence-corrected chi connectivity index (χ4v) is 3.87. The molecule has 0 unspecified atom stereocenters. The van der Waals surface area contributed by atoms with E-state index in [4.69, 9.17) is 0 Å². The number of benzene rings is 2. The molecule has 2 heterocycles. The van der Waals surface area contributed by atoms with Crippen LogP contribution in [0.15, 0.2) is 36.4 Å². The maximum Gasteiger partial charge on any atom is 0.319 e. The minimum Gasteiger partial charge on any atom is -0.339 e. The number of nitrogens with zero attached hydrogens (tertiary/aromatic N) is 4. The molecular weight excluding hydrogens is 380 g/mol. The summed E-state index contributed by atoms with van der Waals surface area (Å²) in [7, 11) is 0. The lowest BCUT2D eigenvalue weighted by Crippen LogP contribution is -2.31. The van der Waals surface area contributed by atoms with Gasteiger partial charge >= 0.3 is 6.03 Å². The summed E-state index contributed by atoms with van der Waals surface area (Å²) in [6, 6.07) is 11.1. The maximum absolute atomic E-state index is 12.6. The van der Waals surface area contributed by atoms with E-state index in [1.165, 1.54) is 0 Å². The maximum atomic E-state index is 12.6. The number of carbonyl (C=O) groups is 2. The summed E-state index contributed by atoms with van der Waals surface area (Å²) in [5.41, 5.74) is 5.13. The molecular formula is C22H26N6O2. The predicted octanol–water partition coefficient (Wildman–Crippen LogP) is 3.11. The molecule has 4 rings (SSSR count). The molecule has 0 atom stereocenters. The second kappa shape index (κ2) is 8.52. The number of urea groups is 1. The second-order valence-electron chi connectivity index (χ2n) is 7.77. The Labute approximate surface area is 175 Å². The summed E-state index contributed by atoms with van der Waals surface area (Å²) < 4.78 is 1.73. The van der Waals surface area contributed by atoms with Crippen LogP contribution >= 0.6 is 0 Å². The number of rotatable bonds is 5. The van der Waals surface area contributed by atoms with Gasteiger partial charge in [-0.25, -0.2) is 9.48 Å². The first-order valence-electron chi connectivity index (χ1n) is 10.3. The molecule has 156 valence electrons. The Morgan fingerprint density at radius 3 is 2.50 bits per heavy atom. The van der Waals surface area contributed by atoms with Gasteiger partial charge in [0.15, 0.2) is 0 Å². The van der Waals surface area contributed by atoms with Crippen LogP contribution in [0.1, 0.15) is 34.3 Å². The van der Waals surface area contributed by atoms with Gasteiger partial charge in [-0.3, -0.25) is 4.79 Å². The first-order valence-corrected chi connectivity index (χ1v) is 10.3. The standard InChI is InChI=1S/C22H26N6O2/c1-15-11-16(2)13-18(12-15)24-22(30)23-7-10-28-20-6-5-17(14-19(20)25-26-28)21(29)27-8-3-4-9-27/h5-6,11-14H,3-4,7-10H2,1-2H3,(H2,23,24,30). The van der Waals surface area contributed by atoms with Crippen molar-refractivity contribution in [2.75, 3.05) is 25.0 Å². The highest BCUT2D eigenvalue weighted by molar-refractivity contribution is 5.97. The first-order chi connectivity index (χ1) is 14.5. The predicted molar refractivity (Wildman–Crippen MR) is 116 cm³/mol. The molecule has 1 saturated heterocycles. The zero-order valence-electron chi connectivity index (χ0n) is 17.3. The van der Waals surface area contributed by atoms with Gasteiger partial charge in [0.1, 0.15) is 5.52 Å². The summed E-state index contributed by atoms with van der Waals surface area (Å²) in [4.78, 5) is 26.6. The molecule has 0 aliphatic carbocycles. The van der Waals surface area contributed by atoms with E-state index in [9.17, 15) is 9.59 Å². The van der Waals surface area contributed by atoms with Crippen LogP contribution in [0.25, 0.3) is 11.0 Å². The van der Waals surface area contributed by atoms with Gasteiger partial charge in [-0.15, -0.1) is 5.10 Å². The third-order valence-corrected chi connectivity index (χ3v) is 5.24. The Bertz CT molecular complexity index is 1060. The summed E-state index contributed by atoms with van der Waals surface area (Å²) in [5, 5.41) is 14.0. The molecule has 8 heteroatoms. The van der Waals surface area contributed by atoms with Crippen molar-refractivity contribution in [1.82, 2.24) is 25.2 Å². The smallest absolute Gasteiger partial charge is 0.319 e. The van der Waals surface area contributed by atoms with Gasteiger partial charge < -0.3 is 15.5 Å². The Morgan fingerprint density at radius 1 is 1.03 bits per heavy atom. The zero-order valence-corrected chi connectivity index (χ0v) is 17.3. The highest BCUT2D eigenvalue weighted by Crippen LogP contribution is 2.18. The number of nitrogens with one attached hydrogen (secondary N) is 2. The van der Waals surface area contributed by atoms with Gasteiger partial charge in [-0.05, 0) is 68.1 Å². The van der Waals surface area contributed by atoms with Crippen LogP contribution < -0.4 is 10.6 Å². The molecule has 2 N–H and O–H groups in total. The number of aromatic nitrogens is 3. The van der Waals surface area contributed by atoms with Crippen LogP contribution in [0, 0.1) is 13.8 Å². The van der Waals surface area contributed by atoms with Gasteiger partial charge in [0.2, 0.25) is 0 Å². The summed E-state index contributed by atoms with van der Waals surface area (Å²) >= 11 is 0. The molecule has 2 aromatic carbocycles. The van der Waals surface area contributed by atoms with Crippen molar-refractivity contribution in [3.05, 3.63) is 53.1 Å². The molecule has 8 nitrogen and oxygen atoms in total. The van der Waals surface area contributed by atoms with Crippen LogP contribution in [-0.4, -0.2) is 51.5 Å². The van der Waals surface area contributed by atoms with E-state index in [1.807, 2.05) is 43.0 Å². The minimum atomic E-state index is -0.261. The topological polar surface area (TPSA) is 92.1 Å². The van der Waals surface area contributed by atoms with E-state index in [0.717, 1.165) is 48.3 Å². The molecule has 1 aromatic heterocycles. The van der Waals surface area contributed by atoms with Crippen LogP contribution in [-0.2, 0) is 6.54 Å². The third kappa shape index (κ3) is 4.42. The van der Waals surface area contributed by atoms with Crippen molar-refractivity contribution in [3.63, 3.8) is 0 Å². The van der Waals surface area contributed by atoms with Crippen molar-refractivity contribution in [2.24, 2.45) is 0 Å². The van der Waals surface area contributed by atoms with Crippen molar-refractivity contribution < 1.29 is 9.59 Å². The van der Waals surface area contributed by atoms with E-state index in [0.29, 0.717) is 24.2 Å². The molecule has 1 fully saturated rings. The Morgan fingerprint density at radius 2 is 1.77 bits per heavy atom. The molecule has 3 aromatic rings. The van der Waals surface area contributed by atoms with E-state index < -0.39 is 0 Å². The fourth-order valence-electron chi connectivity index (χ4n) is 3.87. The number of carbonyl (C=O) groups excluding carboxylic acids is 2. The molecule has 0 radical (unpaired) electrons. The monoisotopic (exact) mass is 406 g/mol. The van der Waals surface area contributed by atoms with Gasteiger partial charge in [-0.2, -0.15) is 0 Å². The van der Waals surface area contributed by atoms with Crippen molar-refractivity contribution in [3.8, 4) is 0 Å². The number of amides is 3. The molecule has 0 bridgehead atoms.